The van der Waals surface area contributed by atoms with Crippen LogP contribution in [-0.4, -0.2) is 24.5 Å². The van der Waals surface area contributed by atoms with E-state index in [2.05, 4.69) is 65.6 Å². The van der Waals surface area contributed by atoms with Gasteiger partial charge >= 0.3 is 0 Å². The van der Waals surface area contributed by atoms with Crippen LogP contribution in [0.3, 0.4) is 0 Å². The maximum atomic E-state index is 4.46. The van der Waals surface area contributed by atoms with E-state index in [0.717, 1.165) is 29.8 Å². The summed E-state index contributed by atoms with van der Waals surface area (Å²) in [6.07, 6.45) is 0. The first-order valence-corrected chi connectivity index (χ1v) is 8.67. The van der Waals surface area contributed by atoms with Gasteiger partial charge in [0.2, 0.25) is 0 Å². The highest BCUT2D eigenvalue weighted by molar-refractivity contribution is 14.0. The molecule has 0 atom stereocenters. The summed E-state index contributed by atoms with van der Waals surface area (Å²) in [6.45, 7) is 10.1. The molecule has 2 rings (SSSR count). The molecule has 1 aromatic carbocycles. The predicted molar refractivity (Wildman–Crippen MR) is 115 cm³/mol. The van der Waals surface area contributed by atoms with Crippen molar-refractivity contribution in [2.24, 2.45) is 4.99 Å². The molecule has 0 saturated carbocycles. The van der Waals surface area contributed by atoms with E-state index >= 15 is 0 Å². The molecule has 2 N–H and O–H groups in total. The van der Waals surface area contributed by atoms with Gasteiger partial charge < -0.3 is 10.6 Å². The molecule has 0 saturated heterocycles. The Morgan fingerprint density at radius 3 is 2.38 bits per heavy atom. The van der Waals surface area contributed by atoms with Gasteiger partial charge in [-0.3, -0.25) is 4.99 Å². The normalized spacial score (nSPS) is 11.8. The monoisotopic (exact) mass is 458 g/mol. The van der Waals surface area contributed by atoms with Crippen LogP contribution in [0.5, 0.6) is 0 Å². The molecule has 6 heteroatoms. The first-order chi connectivity index (χ1) is 10.9. The van der Waals surface area contributed by atoms with Crippen LogP contribution in [0, 0.1) is 13.8 Å². The molecule has 0 amide bonds. The molecule has 1 heterocycles. The molecule has 24 heavy (non-hydrogen) atoms. The van der Waals surface area contributed by atoms with Crippen molar-refractivity contribution in [2.75, 3.05) is 13.6 Å². The van der Waals surface area contributed by atoms with E-state index in [1.807, 2.05) is 13.0 Å². The number of nitrogens with one attached hydrogen (secondary N) is 2. The van der Waals surface area contributed by atoms with Crippen molar-refractivity contribution in [3.63, 3.8) is 0 Å². The molecule has 0 spiro atoms. The van der Waals surface area contributed by atoms with Gasteiger partial charge in [-0.2, -0.15) is 0 Å². The fraction of sp³-hybridized carbons (Fsp3) is 0.444. The molecule has 4 nitrogen and oxygen atoms in total. The van der Waals surface area contributed by atoms with Crippen molar-refractivity contribution < 1.29 is 0 Å². The minimum atomic E-state index is 0. The summed E-state index contributed by atoms with van der Waals surface area (Å²) in [5.74, 6) is 0.819. The predicted octanol–water partition coefficient (Wildman–Crippen LogP) is 4.02. The van der Waals surface area contributed by atoms with Crippen molar-refractivity contribution in [1.29, 1.82) is 0 Å². The Bertz CT molecular complexity index is 665. The lowest BCUT2D eigenvalue weighted by Gasteiger charge is -2.26. The summed E-state index contributed by atoms with van der Waals surface area (Å²) in [5.41, 5.74) is 2.45. The van der Waals surface area contributed by atoms with Crippen LogP contribution in [0.2, 0.25) is 0 Å². The first kappa shape index (κ1) is 20.9. The number of guanidine groups is 1. The molecule has 0 radical (unpaired) electrons. The zero-order chi connectivity index (χ0) is 16.9. The molecule has 2 aromatic rings. The van der Waals surface area contributed by atoms with Crippen molar-refractivity contribution in [3.8, 4) is 0 Å². The average molecular weight is 458 g/mol. The number of halogens is 1. The zero-order valence-electron chi connectivity index (χ0n) is 15.0. The Kier molecular flexibility index (Phi) is 8.15. The fourth-order valence-electron chi connectivity index (χ4n) is 2.42. The van der Waals surface area contributed by atoms with Crippen molar-refractivity contribution in [3.05, 3.63) is 51.5 Å². The SMILES string of the molecule is CN=C(NCc1sc(C)nc1C)NCC(C)(C)c1ccccc1.I. The Balaban J connectivity index is 0.00000288. The molecule has 0 aliphatic carbocycles. The number of aromatic nitrogens is 1. The molecule has 0 aliphatic rings. The number of rotatable bonds is 5. The Morgan fingerprint density at radius 1 is 1.17 bits per heavy atom. The number of aryl methyl sites for hydroxylation is 2. The van der Waals surface area contributed by atoms with Crippen LogP contribution in [0.4, 0.5) is 0 Å². The van der Waals surface area contributed by atoms with Crippen LogP contribution in [-0.2, 0) is 12.0 Å². The summed E-state index contributed by atoms with van der Waals surface area (Å²) < 4.78 is 0. The van der Waals surface area contributed by atoms with Gasteiger partial charge in [-0.25, -0.2) is 4.98 Å². The summed E-state index contributed by atoms with van der Waals surface area (Å²) in [4.78, 5) is 10.0. The largest absolute Gasteiger partial charge is 0.356 e. The molecule has 0 aliphatic heterocycles. The molecule has 132 valence electrons. The molecule has 1 aromatic heterocycles. The Hall–Kier alpha value is -1.15. The highest BCUT2D eigenvalue weighted by Gasteiger charge is 2.20. The van der Waals surface area contributed by atoms with Crippen LogP contribution in [0.25, 0.3) is 0 Å². The van der Waals surface area contributed by atoms with Gasteiger partial charge in [0.05, 0.1) is 17.2 Å². The number of hydrogen-bond acceptors (Lipinski definition) is 3. The lowest BCUT2D eigenvalue weighted by atomic mass is 9.85. The topological polar surface area (TPSA) is 49.3 Å². The third-order valence-electron chi connectivity index (χ3n) is 3.89. The van der Waals surface area contributed by atoms with Crippen LogP contribution in [0.1, 0.15) is 35.0 Å². The van der Waals surface area contributed by atoms with Gasteiger partial charge in [0, 0.05) is 23.9 Å². The second-order valence-electron chi connectivity index (χ2n) is 6.27. The molecule has 0 unspecified atom stereocenters. The average Bonchev–Trinajstić information content (AvgIpc) is 2.86. The van der Waals surface area contributed by atoms with E-state index in [0.29, 0.717) is 0 Å². The quantitative estimate of drug-likeness (QED) is 0.404. The van der Waals surface area contributed by atoms with Gasteiger partial charge in [0.1, 0.15) is 0 Å². The van der Waals surface area contributed by atoms with E-state index in [1.54, 1.807) is 18.4 Å². The number of nitrogens with zero attached hydrogens (tertiary/aromatic N) is 2. The third kappa shape index (κ3) is 5.73. The fourth-order valence-corrected chi connectivity index (χ4v) is 3.30. The van der Waals surface area contributed by atoms with E-state index in [4.69, 9.17) is 0 Å². The Morgan fingerprint density at radius 2 is 1.83 bits per heavy atom. The number of thiazole rings is 1. The first-order valence-electron chi connectivity index (χ1n) is 7.85. The molecular weight excluding hydrogens is 431 g/mol. The zero-order valence-corrected chi connectivity index (χ0v) is 18.2. The summed E-state index contributed by atoms with van der Waals surface area (Å²) in [7, 11) is 1.80. The number of hydrogen-bond donors (Lipinski definition) is 2. The molecule has 0 bridgehead atoms. The van der Waals surface area contributed by atoms with Gasteiger partial charge in [0.25, 0.3) is 0 Å². The van der Waals surface area contributed by atoms with Gasteiger partial charge in [-0.05, 0) is 19.4 Å². The van der Waals surface area contributed by atoms with Crippen LogP contribution in [0.15, 0.2) is 35.3 Å². The van der Waals surface area contributed by atoms with Crippen LogP contribution < -0.4 is 10.6 Å². The summed E-state index contributed by atoms with van der Waals surface area (Å²) in [5, 5.41) is 7.91. The molecular formula is C18H27IN4S. The molecule has 0 fully saturated rings. The minimum Gasteiger partial charge on any atom is -0.356 e. The van der Waals surface area contributed by atoms with E-state index in [-0.39, 0.29) is 29.4 Å². The summed E-state index contributed by atoms with van der Waals surface area (Å²) >= 11 is 1.73. The maximum absolute atomic E-state index is 4.46. The van der Waals surface area contributed by atoms with Crippen molar-refractivity contribution in [1.82, 2.24) is 15.6 Å². The highest BCUT2D eigenvalue weighted by atomic mass is 127. The second kappa shape index (κ2) is 9.36. The highest BCUT2D eigenvalue weighted by Crippen LogP contribution is 2.21. The maximum Gasteiger partial charge on any atom is 0.191 e. The summed E-state index contributed by atoms with van der Waals surface area (Å²) in [6, 6.07) is 10.5. The third-order valence-corrected chi connectivity index (χ3v) is 4.97. The van der Waals surface area contributed by atoms with E-state index in [9.17, 15) is 0 Å². The van der Waals surface area contributed by atoms with Gasteiger partial charge in [0.15, 0.2) is 5.96 Å². The standard InChI is InChI=1S/C18H26N4S.HI/c1-13-16(23-14(2)22-13)11-20-17(19-5)21-12-18(3,4)15-9-7-6-8-10-15;/h6-10H,11-12H2,1-5H3,(H2,19,20,21);1H. The van der Waals surface area contributed by atoms with Gasteiger partial charge in [-0.15, -0.1) is 35.3 Å². The lowest BCUT2D eigenvalue weighted by Crippen LogP contribution is -2.43. The van der Waals surface area contributed by atoms with Crippen molar-refractivity contribution in [2.45, 2.75) is 39.7 Å². The smallest absolute Gasteiger partial charge is 0.191 e. The van der Waals surface area contributed by atoms with Gasteiger partial charge in [-0.1, -0.05) is 44.2 Å². The van der Waals surface area contributed by atoms with E-state index < -0.39 is 0 Å². The minimum absolute atomic E-state index is 0. The Labute approximate surface area is 166 Å². The number of aliphatic imine (C=N–C) groups is 1. The second-order valence-corrected chi connectivity index (χ2v) is 7.56. The van der Waals surface area contributed by atoms with Crippen molar-refractivity contribution >= 4 is 41.3 Å². The lowest BCUT2D eigenvalue weighted by molar-refractivity contribution is 0.508. The number of benzene rings is 1. The van der Waals surface area contributed by atoms with E-state index in [1.165, 1.54) is 10.4 Å². The van der Waals surface area contributed by atoms with Crippen LogP contribution >= 0.6 is 35.3 Å².